The minimum atomic E-state index is -0.0263. The maximum atomic E-state index is 12.4. The number of hydrogen-bond acceptors (Lipinski definition) is 2. The highest BCUT2D eigenvalue weighted by Gasteiger charge is 2.21. The number of piperazine rings is 1. The van der Waals surface area contributed by atoms with Gasteiger partial charge in [-0.2, -0.15) is 0 Å². The smallest absolute Gasteiger partial charge is 0.321 e. The first-order valence-electron chi connectivity index (χ1n) is 8.76. The zero-order valence-electron chi connectivity index (χ0n) is 14.5. The van der Waals surface area contributed by atoms with Crippen molar-refractivity contribution in [2.24, 2.45) is 0 Å². The average molecular weight is 358 g/mol. The van der Waals surface area contributed by atoms with Crippen molar-refractivity contribution in [3.8, 4) is 0 Å². The zero-order chi connectivity index (χ0) is 17.6. The molecule has 0 spiro atoms. The first kappa shape index (κ1) is 17.8. The number of hydrogen-bond donors (Lipinski definition) is 1. The molecule has 0 unspecified atom stereocenters. The van der Waals surface area contributed by atoms with Crippen molar-refractivity contribution in [3.63, 3.8) is 0 Å². The quantitative estimate of drug-likeness (QED) is 0.887. The second kappa shape index (κ2) is 8.37. The number of urea groups is 1. The summed E-state index contributed by atoms with van der Waals surface area (Å²) in [7, 11) is 0. The van der Waals surface area contributed by atoms with Crippen LogP contribution in [0.25, 0.3) is 0 Å². The summed E-state index contributed by atoms with van der Waals surface area (Å²) in [6.45, 7) is 6.11. The highest BCUT2D eigenvalue weighted by Crippen LogP contribution is 2.18. The lowest BCUT2D eigenvalue weighted by atomic mass is 10.1. The summed E-state index contributed by atoms with van der Waals surface area (Å²) in [6, 6.07) is 15.9. The summed E-state index contributed by atoms with van der Waals surface area (Å²) < 4.78 is 0. The fourth-order valence-electron chi connectivity index (χ4n) is 3.00. The van der Waals surface area contributed by atoms with Crippen LogP contribution in [0.4, 0.5) is 10.5 Å². The Balaban J connectivity index is 1.49. The fraction of sp³-hybridized carbons (Fsp3) is 0.350. The summed E-state index contributed by atoms with van der Waals surface area (Å²) in [4.78, 5) is 16.6. The van der Waals surface area contributed by atoms with Crippen molar-refractivity contribution in [3.05, 3.63) is 64.7 Å². The number of nitrogens with one attached hydrogen (secondary N) is 1. The number of anilines is 1. The van der Waals surface area contributed by atoms with Crippen LogP contribution in [0.1, 0.15) is 18.1 Å². The molecule has 1 aliphatic rings. The van der Waals surface area contributed by atoms with Gasteiger partial charge in [0.05, 0.1) is 0 Å². The number of nitrogens with zero attached hydrogens (tertiary/aromatic N) is 2. The Bertz CT molecular complexity index is 709. The summed E-state index contributed by atoms with van der Waals surface area (Å²) in [5.74, 6) is 0. The van der Waals surface area contributed by atoms with Gasteiger partial charge in [0, 0.05) is 43.4 Å². The normalized spacial score (nSPS) is 15.2. The van der Waals surface area contributed by atoms with Gasteiger partial charge in [-0.15, -0.1) is 0 Å². The molecule has 2 aromatic rings. The maximum Gasteiger partial charge on any atom is 0.321 e. The predicted octanol–water partition coefficient (Wildman–Crippen LogP) is 4.25. The second-order valence-corrected chi connectivity index (χ2v) is 6.74. The molecular weight excluding hydrogens is 334 g/mol. The summed E-state index contributed by atoms with van der Waals surface area (Å²) in [5.41, 5.74) is 3.25. The van der Waals surface area contributed by atoms with Gasteiger partial charge in [0.15, 0.2) is 0 Å². The molecule has 3 rings (SSSR count). The van der Waals surface area contributed by atoms with Crippen LogP contribution < -0.4 is 5.32 Å². The van der Waals surface area contributed by atoms with Gasteiger partial charge >= 0.3 is 6.03 Å². The molecule has 4 nitrogen and oxygen atoms in total. The topological polar surface area (TPSA) is 35.6 Å². The van der Waals surface area contributed by atoms with E-state index in [0.717, 1.165) is 55.4 Å². The van der Waals surface area contributed by atoms with E-state index in [1.807, 2.05) is 35.2 Å². The first-order chi connectivity index (χ1) is 12.2. The van der Waals surface area contributed by atoms with Crippen molar-refractivity contribution in [2.75, 3.05) is 31.5 Å². The highest BCUT2D eigenvalue weighted by atomic mass is 35.5. The number of benzene rings is 2. The molecule has 25 heavy (non-hydrogen) atoms. The van der Waals surface area contributed by atoms with Crippen LogP contribution in [0.2, 0.25) is 5.02 Å². The van der Waals surface area contributed by atoms with E-state index in [9.17, 15) is 4.79 Å². The molecule has 0 aliphatic carbocycles. The molecule has 1 saturated heterocycles. The molecule has 5 heteroatoms. The molecule has 0 atom stereocenters. The lowest BCUT2D eigenvalue weighted by Gasteiger charge is -2.34. The molecule has 0 aromatic heterocycles. The van der Waals surface area contributed by atoms with Crippen molar-refractivity contribution < 1.29 is 4.79 Å². The minimum absolute atomic E-state index is 0.0263. The van der Waals surface area contributed by atoms with E-state index < -0.39 is 0 Å². The Labute approximate surface area is 154 Å². The molecule has 1 aliphatic heterocycles. The molecule has 1 fully saturated rings. The Morgan fingerprint density at radius 1 is 1.04 bits per heavy atom. The Kier molecular flexibility index (Phi) is 5.95. The van der Waals surface area contributed by atoms with Gasteiger partial charge in [-0.1, -0.05) is 48.9 Å². The third-order valence-electron chi connectivity index (χ3n) is 4.62. The average Bonchev–Trinajstić information content (AvgIpc) is 2.65. The van der Waals surface area contributed by atoms with E-state index in [-0.39, 0.29) is 6.03 Å². The van der Waals surface area contributed by atoms with Crippen LogP contribution in [-0.4, -0.2) is 42.0 Å². The fourth-order valence-corrected chi connectivity index (χ4v) is 3.20. The van der Waals surface area contributed by atoms with E-state index in [1.165, 1.54) is 5.56 Å². The van der Waals surface area contributed by atoms with Crippen LogP contribution in [0, 0.1) is 0 Å². The van der Waals surface area contributed by atoms with Gasteiger partial charge in [0.25, 0.3) is 0 Å². The largest absolute Gasteiger partial charge is 0.322 e. The Hall–Kier alpha value is -2.04. The van der Waals surface area contributed by atoms with Gasteiger partial charge in [0.2, 0.25) is 0 Å². The molecular formula is C20H24ClN3O. The first-order valence-corrected chi connectivity index (χ1v) is 9.14. The van der Waals surface area contributed by atoms with E-state index in [4.69, 9.17) is 11.6 Å². The van der Waals surface area contributed by atoms with Gasteiger partial charge in [-0.05, 0) is 35.7 Å². The van der Waals surface area contributed by atoms with Crippen molar-refractivity contribution in [1.82, 2.24) is 9.80 Å². The number of carbonyl (C=O) groups is 1. The summed E-state index contributed by atoms with van der Waals surface area (Å²) in [5, 5.41) is 3.79. The molecule has 2 amide bonds. The third kappa shape index (κ3) is 4.74. The van der Waals surface area contributed by atoms with Gasteiger partial charge in [0.1, 0.15) is 0 Å². The highest BCUT2D eigenvalue weighted by molar-refractivity contribution is 6.31. The minimum Gasteiger partial charge on any atom is -0.322 e. The number of halogens is 1. The van der Waals surface area contributed by atoms with Crippen LogP contribution in [0.5, 0.6) is 0 Å². The van der Waals surface area contributed by atoms with Gasteiger partial charge < -0.3 is 10.2 Å². The van der Waals surface area contributed by atoms with Crippen molar-refractivity contribution >= 4 is 23.3 Å². The van der Waals surface area contributed by atoms with Crippen LogP contribution in [0.3, 0.4) is 0 Å². The number of carbonyl (C=O) groups excluding carboxylic acids is 1. The molecule has 0 bridgehead atoms. The molecule has 132 valence electrons. The lowest BCUT2D eigenvalue weighted by molar-refractivity contribution is 0.143. The monoisotopic (exact) mass is 357 g/mol. The molecule has 1 heterocycles. The molecule has 2 aromatic carbocycles. The summed E-state index contributed by atoms with van der Waals surface area (Å²) >= 11 is 6.23. The van der Waals surface area contributed by atoms with E-state index in [1.54, 1.807) is 0 Å². The summed E-state index contributed by atoms with van der Waals surface area (Å²) in [6.07, 6.45) is 1.00. The lowest BCUT2D eigenvalue weighted by Crippen LogP contribution is -2.49. The van der Waals surface area contributed by atoms with Crippen molar-refractivity contribution in [2.45, 2.75) is 19.9 Å². The van der Waals surface area contributed by atoms with E-state index in [0.29, 0.717) is 0 Å². The van der Waals surface area contributed by atoms with Gasteiger partial charge in [-0.3, -0.25) is 4.90 Å². The van der Waals surface area contributed by atoms with E-state index >= 15 is 0 Å². The third-order valence-corrected chi connectivity index (χ3v) is 4.99. The molecule has 0 saturated carbocycles. The SMILES string of the molecule is CCc1ccc(NC(=O)N2CCN(Cc3ccccc3Cl)CC2)cc1. The number of amides is 2. The van der Waals surface area contributed by atoms with Gasteiger partial charge in [-0.25, -0.2) is 4.79 Å². The predicted molar refractivity (Wildman–Crippen MR) is 103 cm³/mol. The standard InChI is InChI=1S/C20H24ClN3O/c1-2-16-7-9-18(10-8-16)22-20(25)24-13-11-23(12-14-24)15-17-5-3-4-6-19(17)21/h3-10H,2,11-15H2,1H3,(H,22,25). The van der Waals surface area contributed by atoms with Crippen LogP contribution in [-0.2, 0) is 13.0 Å². The number of aryl methyl sites for hydroxylation is 1. The molecule has 0 radical (unpaired) electrons. The maximum absolute atomic E-state index is 12.4. The molecule has 1 N–H and O–H groups in total. The van der Waals surface area contributed by atoms with Crippen LogP contribution in [0.15, 0.2) is 48.5 Å². The second-order valence-electron chi connectivity index (χ2n) is 6.34. The van der Waals surface area contributed by atoms with E-state index in [2.05, 4.69) is 35.3 Å². The zero-order valence-corrected chi connectivity index (χ0v) is 15.3. The van der Waals surface area contributed by atoms with Crippen LogP contribution >= 0.6 is 11.6 Å². The Morgan fingerprint density at radius 3 is 2.36 bits per heavy atom. The van der Waals surface area contributed by atoms with Crippen molar-refractivity contribution in [1.29, 1.82) is 0 Å². The number of rotatable bonds is 4. The Morgan fingerprint density at radius 2 is 1.72 bits per heavy atom.